The van der Waals surface area contributed by atoms with Crippen LogP contribution >= 0.6 is 0 Å². The predicted molar refractivity (Wildman–Crippen MR) is 92.2 cm³/mol. The molecule has 5 heteroatoms. The summed E-state index contributed by atoms with van der Waals surface area (Å²) in [5, 5.41) is 14.6. The molecule has 0 heterocycles. The first-order chi connectivity index (χ1) is 11.6. The van der Waals surface area contributed by atoms with Crippen molar-refractivity contribution in [2.75, 3.05) is 5.32 Å². The number of fused-ring (bicyclic) bond motifs is 1. The number of aliphatic carboxylic acids is 1. The van der Waals surface area contributed by atoms with Crippen LogP contribution in [0.1, 0.15) is 23.1 Å². The maximum absolute atomic E-state index is 12.1. The first-order valence-electron chi connectivity index (χ1n) is 8.08. The summed E-state index contributed by atoms with van der Waals surface area (Å²) in [4.78, 5) is 23.5. The Morgan fingerprint density at radius 3 is 2.54 bits per heavy atom. The van der Waals surface area contributed by atoms with Gasteiger partial charge in [-0.15, -0.1) is 0 Å². The zero-order chi connectivity index (χ0) is 16.9. The van der Waals surface area contributed by atoms with Gasteiger partial charge in [0.25, 0.3) is 0 Å². The van der Waals surface area contributed by atoms with Gasteiger partial charge < -0.3 is 15.7 Å². The molecular formula is C19H20N2O3. The lowest BCUT2D eigenvalue weighted by molar-refractivity contribution is -0.139. The minimum Gasteiger partial charge on any atom is -0.480 e. The minimum absolute atomic E-state index is 0.244. The Labute approximate surface area is 140 Å². The summed E-state index contributed by atoms with van der Waals surface area (Å²) < 4.78 is 0. The number of hydrogen-bond acceptors (Lipinski definition) is 2. The van der Waals surface area contributed by atoms with Crippen LogP contribution in [-0.4, -0.2) is 23.1 Å². The molecule has 0 aromatic heterocycles. The van der Waals surface area contributed by atoms with Crippen LogP contribution in [0.4, 0.5) is 10.5 Å². The fourth-order valence-corrected chi connectivity index (χ4v) is 3.02. The Kier molecular flexibility index (Phi) is 4.79. The first kappa shape index (κ1) is 16.1. The van der Waals surface area contributed by atoms with Crippen molar-refractivity contribution in [1.82, 2.24) is 5.32 Å². The van der Waals surface area contributed by atoms with Gasteiger partial charge in [0.15, 0.2) is 0 Å². The standard InChI is InChI=1S/C19H20N2O3/c22-18(23)17(11-13-5-2-1-3-6-13)21-19(24)20-16-10-9-14-7-4-8-15(14)12-16/h1-3,5-6,9-10,12,17H,4,7-8,11H2,(H,22,23)(H2,20,21,24). The molecular weight excluding hydrogens is 304 g/mol. The van der Waals surface area contributed by atoms with Crippen LogP contribution in [0.2, 0.25) is 0 Å². The predicted octanol–water partition coefficient (Wildman–Crippen LogP) is 2.99. The summed E-state index contributed by atoms with van der Waals surface area (Å²) in [6.45, 7) is 0. The zero-order valence-electron chi connectivity index (χ0n) is 13.3. The van der Waals surface area contributed by atoms with Gasteiger partial charge in [0, 0.05) is 12.1 Å². The van der Waals surface area contributed by atoms with Crippen LogP contribution in [-0.2, 0) is 24.1 Å². The normalized spacial score (nSPS) is 13.8. The Bertz CT molecular complexity index is 744. The number of anilines is 1. The number of rotatable bonds is 5. The number of carboxylic acid groups (broad SMARTS) is 1. The van der Waals surface area contributed by atoms with Gasteiger partial charge in [0.05, 0.1) is 0 Å². The molecule has 1 aliphatic rings. The lowest BCUT2D eigenvalue weighted by Gasteiger charge is -2.15. The van der Waals surface area contributed by atoms with Crippen molar-refractivity contribution in [2.24, 2.45) is 0 Å². The number of urea groups is 1. The Hall–Kier alpha value is -2.82. The summed E-state index contributed by atoms with van der Waals surface area (Å²) >= 11 is 0. The van der Waals surface area contributed by atoms with Crippen molar-refractivity contribution in [1.29, 1.82) is 0 Å². The second-order valence-corrected chi connectivity index (χ2v) is 6.02. The fourth-order valence-electron chi connectivity index (χ4n) is 3.02. The molecule has 0 bridgehead atoms. The average molecular weight is 324 g/mol. The second-order valence-electron chi connectivity index (χ2n) is 6.02. The van der Waals surface area contributed by atoms with Gasteiger partial charge in [-0.1, -0.05) is 36.4 Å². The summed E-state index contributed by atoms with van der Waals surface area (Å²) in [5.74, 6) is -1.05. The molecule has 5 nitrogen and oxygen atoms in total. The molecule has 3 N–H and O–H groups in total. The van der Waals surface area contributed by atoms with Crippen LogP contribution in [0, 0.1) is 0 Å². The number of aryl methyl sites for hydroxylation is 2. The summed E-state index contributed by atoms with van der Waals surface area (Å²) in [6, 6.07) is 13.6. The molecule has 0 saturated carbocycles. The summed E-state index contributed by atoms with van der Waals surface area (Å²) in [7, 11) is 0. The van der Waals surface area contributed by atoms with Gasteiger partial charge in [-0.25, -0.2) is 9.59 Å². The molecule has 0 aliphatic heterocycles. The summed E-state index contributed by atoms with van der Waals surface area (Å²) in [6.07, 6.45) is 3.50. The molecule has 0 saturated heterocycles. The average Bonchev–Trinajstić information content (AvgIpc) is 3.02. The Morgan fingerprint density at radius 2 is 1.79 bits per heavy atom. The molecule has 2 amide bonds. The molecule has 1 aliphatic carbocycles. The van der Waals surface area contributed by atoms with Crippen LogP contribution < -0.4 is 10.6 Å². The largest absolute Gasteiger partial charge is 0.480 e. The third-order valence-electron chi connectivity index (χ3n) is 4.24. The van der Waals surface area contributed by atoms with E-state index in [2.05, 4.69) is 10.6 Å². The van der Waals surface area contributed by atoms with Crippen LogP contribution in [0.15, 0.2) is 48.5 Å². The smallest absolute Gasteiger partial charge is 0.326 e. The van der Waals surface area contributed by atoms with E-state index in [1.807, 2.05) is 48.5 Å². The van der Waals surface area contributed by atoms with Crippen LogP contribution in [0.5, 0.6) is 0 Å². The molecule has 2 aromatic rings. The second kappa shape index (κ2) is 7.17. The number of carbonyl (C=O) groups is 2. The third-order valence-corrected chi connectivity index (χ3v) is 4.24. The molecule has 1 unspecified atom stereocenters. The molecule has 0 fully saturated rings. The van der Waals surface area contributed by atoms with Crippen LogP contribution in [0.25, 0.3) is 0 Å². The number of hydrogen-bond donors (Lipinski definition) is 3. The van der Waals surface area contributed by atoms with Gasteiger partial charge in [0.2, 0.25) is 0 Å². The lowest BCUT2D eigenvalue weighted by atomic mass is 10.1. The highest BCUT2D eigenvalue weighted by molar-refractivity contribution is 5.92. The van der Waals surface area contributed by atoms with E-state index in [1.54, 1.807) is 0 Å². The van der Waals surface area contributed by atoms with Crippen molar-refractivity contribution in [3.05, 3.63) is 65.2 Å². The van der Waals surface area contributed by atoms with E-state index in [1.165, 1.54) is 11.1 Å². The van der Waals surface area contributed by atoms with E-state index in [-0.39, 0.29) is 6.42 Å². The first-order valence-corrected chi connectivity index (χ1v) is 8.08. The van der Waals surface area contributed by atoms with E-state index in [0.29, 0.717) is 5.69 Å². The number of carbonyl (C=O) groups excluding carboxylic acids is 1. The lowest BCUT2D eigenvalue weighted by Crippen LogP contribution is -2.44. The molecule has 0 spiro atoms. The van der Waals surface area contributed by atoms with Crippen molar-refractivity contribution < 1.29 is 14.7 Å². The Morgan fingerprint density at radius 1 is 1.04 bits per heavy atom. The van der Waals surface area contributed by atoms with Crippen molar-refractivity contribution >= 4 is 17.7 Å². The highest BCUT2D eigenvalue weighted by Crippen LogP contribution is 2.24. The highest BCUT2D eigenvalue weighted by atomic mass is 16.4. The van der Waals surface area contributed by atoms with Gasteiger partial charge >= 0.3 is 12.0 Å². The van der Waals surface area contributed by atoms with E-state index < -0.39 is 18.0 Å². The molecule has 2 aromatic carbocycles. The number of amides is 2. The monoisotopic (exact) mass is 324 g/mol. The van der Waals surface area contributed by atoms with Crippen molar-refractivity contribution in [3.63, 3.8) is 0 Å². The number of carboxylic acids is 1. The molecule has 3 rings (SSSR count). The van der Waals surface area contributed by atoms with Gasteiger partial charge in [-0.2, -0.15) is 0 Å². The maximum Gasteiger partial charge on any atom is 0.326 e. The number of nitrogens with one attached hydrogen (secondary N) is 2. The summed E-state index contributed by atoms with van der Waals surface area (Å²) in [5.41, 5.74) is 4.14. The molecule has 24 heavy (non-hydrogen) atoms. The van der Waals surface area contributed by atoms with Gasteiger partial charge in [0.1, 0.15) is 6.04 Å². The highest BCUT2D eigenvalue weighted by Gasteiger charge is 2.20. The SMILES string of the molecule is O=C(Nc1ccc2c(c1)CCC2)NC(Cc1ccccc1)C(=O)O. The molecule has 0 radical (unpaired) electrons. The van der Waals surface area contributed by atoms with E-state index >= 15 is 0 Å². The van der Waals surface area contributed by atoms with Gasteiger partial charge in [-0.05, 0) is 48.1 Å². The maximum atomic E-state index is 12.1. The van der Waals surface area contributed by atoms with E-state index in [0.717, 1.165) is 24.8 Å². The van der Waals surface area contributed by atoms with E-state index in [4.69, 9.17) is 0 Å². The quantitative estimate of drug-likeness (QED) is 0.791. The fraction of sp³-hybridized carbons (Fsp3) is 0.263. The van der Waals surface area contributed by atoms with Crippen LogP contribution in [0.3, 0.4) is 0 Å². The topological polar surface area (TPSA) is 78.4 Å². The Balaban J connectivity index is 1.62. The minimum atomic E-state index is -1.05. The zero-order valence-corrected chi connectivity index (χ0v) is 13.3. The third kappa shape index (κ3) is 3.93. The van der Waals surface area contributed by atoms with E-state index in [9.17, 15) is 14.7 Å². The van der Waals surface area contributed by atoms with Gasteiger partial charge in [-0.3, -0.25) is 0 Å². The molecule has 1 atom stereocenters. The van der Waals surface area contributed by atoms with Crippen molar-refractivity contribution in [3.8, 4) is 0 Å². The number of benzene rings is 2. The van der Waals surface area contributed by atoms with Crippen molar-refractivity contribution in [2.45, 2.75) is 31.7 Å². The molecule has 124 valence electrons.